The summed E-state index contributed by atoms with van der Waals surface area (Å²) in [5, 5.41) is 11.6. The fraction of sp³-hybridized carbons (Fsp3) is 0.154. The first-order valence-electron chi connectivity index (χ1n) is 10.5. The fourth-order valence-electron chi connectivity index (χ4n) is 4.13. The number of carbonyl (C=O) groups excluding carboxylic acids is 2. The molecule has 7 nitrogen and oxygen atoms in total. The van der Waals surface area contributed by atoms with Gasteiger partial charge in [0.25, 0.3) is 5.91 Å². The van der Waals surface area contributed by atoms with Crippen LogP contribution >= 0.6 is 15.9 Å². The number of ether oxygens (including phenoxy) is 1. The minimum atomic E-state index is -0.907. The van der Waals surface area contributed by atoms with Crippen molar-refractivity contribution >= 4 is 38.6 Å². The second-order valence-corrected chi connectivity index (χ2v) is 8.93. The minimum absolute atomic E-state index is 0.0297. The maximum atomic E-state index is 13.6. The summed E-state index contributed by atoms with van der Waals surface area (Å²) in [7, 11) is 1.57. The zero-order valence-corrected chi connectivity index (χ0v) is 20.0. The van der Waals surface area contributed by atoms with Crippen molar-refractivity contribution in [1.82, 2.24) is 4.90 Å². The van der Waals surface area contributed by atoms with Gasteiger partial charge in [-0.15, -0.1) is 0 Å². The highest BCUT2D eigenvalue weighted by molar-refractivity contribution is 9.10. The van der Waals surface area contributed by atoms with Crippen LogP contribution in [0.15, 0.2) is 85.3 Å². The van der Waals surface area contributed by atoms with Gasteiger partial charge in [0.2, 0.25) is 5.78 Å². The van der Waals surface area contributed by atoms with Crippen LogP contribution in [0.25, 0.3) is 11.0 Å². The van der Waals surface area contributed by atoms with Gasteiger partial charge in [-0.05, 0) is 61.0 Å². The van der Waals surface area contributed by atoms with E-state index < -0.39 is 23.5 Å². The minimum Gasteiger partial charge on any atom is -0.503 e. The predicted octanol–water partition coefficient (Wildman–Crippen LogP) is 5.88. The Labute approximate surface area is 203 Å². The molecule has 1 atom stereocenters. The molecule has 0 radical (unpaired) electrons. The number of nitrogens with zero attached hydrogens (tertiary/aromatic N) is 1. The van der Waals surface area contributed by atoms with E-state index in [9.17, 15) is 14.7 Å². The predicted molar refractivity (Wildman–Crippen MR) is 128 cm³/mol. The Morgan fingerprint density at radius 1 is 1.09 bits per heavy atom. The van der Waals surface area contributed by atoms with Gasteiger partial charge in [-0.25, -0.2) is 0 Å². The molecule has 1 N–H and O–H groups in total. The molecule has 1 aliphatic heterocycles. The van der Waals surface area contributed by atoms with Crippen molar-refractivity contribution in [2.24, 2.45) is 0 Å². The van der Waals surface area contributed by atoms with Gasteiger partial charge in [0.1, 0.15) is 28.9 Å². The highest BCUT2D eigenvalue weighted by Gasteiger charge is 2.46. The van der Waals surface area contributed by atoms with Crippen LogP contribution in [0, 0.1) is 6.92 Å². The molecular formula is C26H20BrNO6. The number of halogens is 1. The van der Waals surface area contributed by atoms with Crippen molar-refractivity contribution in [3.8, 4) is 5.75 Å². The summed E-state index contributed by atoms with van der Waals surface area (Å²) in [5.41, 5.74) is 1.25. The van der Waals surface area contributed by atoms with Crippen LogP contribution in [0.5, 0.6) is 5.75 Å². The van der Waals surface area contributed by atoms with Crippen molar-refractivity contribution < 1.29 is 28.3 Å². The van der Waals surface area contributed by atoms with Gasteiger partial charge in [-0.3, -0.25) is 9.59 Å². The maximum Gasteiger partial charge on any atom is 0.290 e. The molecule has 0 spiro atoms. The number of aryl methyl sites for hydroxylation is 1. The Morgan fingerprint density at radius 3 is 2.53 bits per heavy atom. The topological polar surface area (TPSA) is 93.1 Å². The molecule has 34 heavy (non-hydrogen) atoms. The van der Waals surface area contributed by atoms with Gasteiger partial charge in [-0.2, -0.15) is 0 Å². The van der Waals surface area contributed by atoms with Crippen molar-refractivity contribution in [3.05, 3.63) is 99.3 Å². The molecule has 5 rings (SSSR count). The van der Waals surface area contributed by atoms with Crippen LogP contribution in [0.2, 0.25) is 0 Å². The zero-order valence-electron chi connectivity index (χ0n) is 18.4. The van der Waals surface area contributed by atoms with Crippen LogP contribution in [0.3, 0.4) is 0 Å². The Kier molecular flexibility index (Phi) is 5.53. The molecule has 0 saturated carbocycles. The molecular weight excluding hydrogens is 502 g/mol. The van der Waals surface area contributed by atoms with Crippen LogP contribution in [0.1, 0.15) is 33.7 Å². The highest BCUT2D eigenvalue weighted by atomic mass is 79.9. The van der Waals surface area contributed by atoms with Crippen molar-refractivity contribution in [2.75, 3.05) is 7.11 Å². The van der Waals surface area contributed by atoms with Gasteiger partial charge >= 0.3 is 0 Å². The van der Waals surface area contributed by atoms with E-state index in [1.165, 1.54) is 4.90 Å². The van der Waals surface area contributed by atoms with Gasteiger partial charge in [0, 0.05) is 16.4 Å². The third kappa shape index (κ3) is 3.80. The number of fused-ring (bicyclic) bond motifs is 1. The molecule has 1 amide bonds. The molecule has 1 unspecified atom stereocenters. The van der Waals surface area contributed by atoms with E-state index in [1.807, 2.05) is 18.2 Å². The summed E-state index contributed by atoms with van der Waals surface area (Å²) < 4.78 is 17.6. The largest absolute Gasteiger partial charge is 0.503 e. The summed E-state index contributed by atoms with van der Waals surface area (Å²) in [6, 6.07) is 16.7. The van der Waals surface area contributed by atoms with Crippen LogP contribution in [-0.4, -0.2) is 28.8 Å². The van der Waals surface area contributed by atoms with E-state index in [-0.39, 0.29) is 17.9 Å². The van der Waals surface area contributed by atoms with Crippen LogP contribution in [0.4, 0.5) is 0 Å². The van der Waals surface area contributed by atoms with Gasteiger partial charge in [0.15, 0.2) is 11.5 Å². The van der Waals surface area contributed by atoms with E-state index in [1.54, 1.807) is 56.5 Å². The molecule has 2 aromatic carbocycles. The first-order chi connectivity index (χ1) is 16.4. The van der Waals surface area contributed by atoms with Crippen LogP contribution < -0.4 is 4.74 Å². The average molecular weight is 522 g/mol. The fourth-order valence-corrected chi connectivity index (χ4v) is 4.51. The first kappa shape index (κ1) is 22.0. The second-order valence-electron chi connectivity index (χ2n) is 8.02. The lowest BCUT2D eigenvalue weighted by Crippen LogP contribution is -2.30. The number of ketones is 1. The Hall–Kier alpha value is -3.78. The number of hydrogen-bond acceptors (Lipinski definition) is 6. The highest BCUT2D eigenvalue weighted by Crippen LogP contribution is 2.41. The van der Waals surface area contributed by atoms with Gasteiger partial charge < -0.3 is 23.6 Å². The number of aliphatic hydroxyl groups is 1. The summed E-state index contributed by atoms with van der Waals surface area (Å²) in [4.78, 5) is 28.1. The average Bonchev–Trinajstić information content (AvgIpc) is 3.51. The molecule has 2 aromatic heterocycles. The van der Waals surface area contributed by atoms with E-state index in [0.717, 1.165) is 15.4 Å². The van der Waals surface area contributed by atoms with Crippen molar-refractivity contribution in [3.63, 3.8) is 0 Å². The molecule has 8 heteroatoms. The summed E-state index contributed by atoms with van der Waals surface area (Å²) in [5.74, 6) is -0.125. The quantitative estimate of drug-likeness (QED) is 0.318. The third-order valence-electron chi connectivity index (χ3n) is 5.79. The lowest BCUT2D eigenvalue weighted by atomic mass is 9.99. The number of Topliss-reactive ketones (excluding diaryl/α,β-unsaturated/α-hetero) is 1. The number of benzene rings is 2. The summed E-state index contributed by atoms with van der Waals surface area (Å²) in [6.07, 6.45) is 0. The molecule has 0 bridgehead atoms. The molecule has 3 heterocycles. The van der Waals surface area contributed by atoms with Gasteiger partial charge in [-0.1, -0.05) is 28.1 Å². The van der Waals surface area contributed by atoms with Gasteiger partial charge in [0.05, 0.1) is 12.7 Å². The van der Waals surface area contributed by atoms with E-state index in [0.29, 0.717) is 22.9 Å². The third-order valence-corrected chi connectivity index (χ3v) is 6.29. The number of methoxy groups -OCH3 is 1. The number of amides is 1. The first-order valence-corrected chi connectivity index (χ1v) is 11.3. The standard InChI is InChI=1S/C26H20BrNO6/c1-14-3-9-20(33-14)23-22(24(29)21-12-16-11-17(27)6-10-19(16)34-21)25(30)26(31)28(23)13-15-4-7-18(32-2)8-5-15/h3-12,23,30H,13H2,1-2H3. The molecule has 1 aliphatic rings. The lowest BCUT2D eigenvalue weighted by molar-refractivity contribution is -0.130. The Morgan fingerprint density at radius 2 is 1.85 bits per heavy atom. The lowest BCUT2D eigenvalue weighted by Gasteiger charge is -2.25. The van der Waals surface area contributed by atoms with Crippen molar-refractivity contribution in [1.29, 1.82) is 0 Å². The molecule has 172 valence electrons. The molecule has 4 aromatic rings. The number of hydrogen-bond donors (Lipinski definition) is 1. The smallest absolute Gasteiger partial charge is 0.290 e. The van der Waals surface area contributed by atoms with Crippen LogP contribution in [-0.2, 0) is 11.3 Å². The van der Waals surface area contributed by atoms with E-state index >= 15 is 0 Å². The Balaban J connectivity index is 1.56. The number of aliphatic hydroxyl groups excluding tert-OH is 1. The Bertz CT molecular complexity index is 1450. The SMILES string of the molecule is COc1ccc(CN2C(=O)C(O)=C(C(=O)c3cc4cc(Br)ccc4o3)C2c2ccc(C)o2)cc1. The molecule has 0 aliphatic carbocycles. The number of furan rings is 2. The van der Waals surface area contributed by atoms with E-state index in [4.69, 9.17) is 13.6 Å². The normalized spacial score (nSPS) is 16.0. The van der Waals surface area contributed by atoms with E-state index in [2.05, 4.69) is 15.9 Å². The summed E-state index contributed by atoms with van der Waals surface area (Å²) >= 11 is 3.41. The second kappa shape index (κ2) is 8.53. The monoisotopic (exact) mass is 521 g/mol. The zero-order chi connectivity index (χ0) is 24.0. The van der Waals surface area contributed by atoms with Crippen molar-refractivity contribution in [2.45, 2.75) is 19.5 Å². The summed E-state index contributed by atoms with van der Waals surface area (Å²) in [6.45, 7) is 1.93. The number of carbonyl (C=O) groups is 2. The number of rotatable bonds is 6. The maximum absolute atomic E-state index is 13.6. The molecule has 0 fully saturated rings. The molecule has 0 saturated heterocycles.